The van der Waals surface area contributed by atoms with Gasteiger partial charge < -0.3 is 15.3 Å². The molecule has 2 fully saturated rings. The van der Waals surface area contributed by atoms with Gasteiger partial charge in [-0.15, -0.1) is 0 Å². The van der Waals surface area contributed by atoms with Crippen LogP contribution in [0.4, 0.5) is 4.79 Å². The first-order valence-corrected chi connectivity index (χ1v) is 10.9. The van der Waals surface area contributed by atoms with Crippen molar-refractivity contribution >= 4 is 6.03 Å². The summed E-state index contributed by atoms with van der Waals surface area (Å²) in [6.07, 6.45) is 2.05. The second kappa shape index (κ2) is 9.65. The van der Waals surface area contributed by atoms with E-state index in [-0.39, 0.29) is 36.7 Å². The number of hydrogen-bond donors (Lipinski definition) is 2. The first-order chi connectivity index (χ1) is 13.9. The number of carbonyl (C=O) groups excluding carboxylic acids is 1. The van der Waals surface area contributed by atoms with E-state index < -0.39 is 0 Å². The highest BCUT2D eigenvalue weighted by molar-refractivity contribution is 5.74. The third-order valence-electron chi connectivity index (χ3n) is 5.87. The minimum Gasteiger partial charge on any atom is -0.395 e. The summed E-state index contributed by atoms with van der Waals surface area (Å²) in [5, 5.41) is 13.1. The molecule has 1 aromatic rings. The van der Waals surface area contributed by atoms with Crippen molar-refractivity contribution in [1.82, 2.24) is 15.1 Å². The van der Waals surface area contributed by atoms with Crippen LogP contribution in [0.5, 0.6) is 0 Å². The minimum absolute atomic E-state index is 0.0207. The molecule has 5 nitrogen and oxygen atoms in total. The molecule has 3 atom stereocenters. The van der Waals surface area contributed by atoms with Crippen molar-refractivity contribution in [2.45, 2.75) is 64.6 Å². The number of hydrogen-bond acceptors (Lipinski definition) is 3. The number of aliphatic hydroxyl groups excluding tert-OH is 1. The number of urea groups is 1. The van der Waals surface area contributed by atoms with E-state index in [1.165, 1.54) is 5.56 Å². The molecule has 0 aliphatic carbocycles. The van der Waals surface area contributed by atoms with Crippen LogP contribution in [0.3, 0.4) is 0 Å². The molecule has 2 amide bonds. The topological polar surface area (TPSA) is 55.8 Å². The van der Waals surface area contributed by atoms with Crippen LogP contribution in [0, 0.1) is 17.8 Å². The molecule has 2 aliphatic rings. The van der Waals surface area contributed by atoms with Gasteiger partial charge in [0.25, 0.3) is 0 Å². The Hall–Kier alpha value is -2.03. The smallest absolute Gasteiger partial charge is 0.317 e. The summed E-state index contributed by atoms with van der Waals surface area (Å²) in [4.78, 5) is 17.0. The molecule has 2 aliphatic heterocycles. The van der Waals surface area contributed by atoms with Gasteiger partial charge in [-0.25, -0.2) is 4.79 Å². The zero-order chi connectivity index (χ0) is 21.0. The maximum atomic E-state index is 12.6. The third-order valence-corrected chi connectivity index (χ3v) is 5.87. The lowest BCUT2D eigenvalue weighted by molar-refractivity contribution is -0.0591. The molecular formula is C24H35N3O2. The molecule has 29 heavy (non-hydrogen) atoms. The zero-order valence-corrected chi connectivity index (χ0v) is 18.2. The van der Waals surface area contributed by atoms with Crippen LogP contribution in [-0.2, 0) is 0 Å². The van der Waals surface area contributed by atoms with E-state index in [1.54, 1.807) is 0 Å². The Labute approximate surface area is 175 Å². The third kappa shape index (κ3) is 5.12. The van der Waals surface area contributed by atoms with Crippen LogP contribution >= 0.6 is 0 Å². The Bertz CT molecular complexity index is 748. The maximum Gasteiger partial charge on any atom is 0.317 e. The van der Waals surface area contributed by atoms with Crippen molar-refractivity contribution in [3.63, 3.8) is 0 Å². The average Bonchev–Trinajstić information content (AvgIpc) is 2.65. The largest absolute Gasteiger partial charge is 0.395 e. The molecule has 1 aromatic carbocycles. The molecule has 0 spiro atoms. The van der Waals surface area contributed by atoms with E-state index in [4.69, 9.17) is 0 Å². The maximum absolute atomic E-state index is 12.6. The Morgan fingerprint density at radius 2 is 1.86 bits per heavy atom. The van der Waals surface area contributed by atoms with Gasteiger partial charge in [-0.2, -0.15) is 0 Å². The van der Waals surface area contributed by atoms with Gasteiger partial charge in [0.05, 0.1) is 6.61 Å². The predicted molar refractivity (Wildman–Crippen MR) is 117 cm³/mol. The molecule has 2 saturated heterocycles. The highest BCUT2D eigenvalue weighted by Crippen LogP contribution is 2.41. The second-order valence-electron chi connectivity index (χ2n) is 8.88. The molecule has 0 unspecified atom stereocenters. The first kappa shape index (κ1) is 21.7. The van der Waals surface area contributed by atoms with E-state index in [9.17, 15) is 9.90 Å². The number of aliphatic hydroxyl groups is 1. The molecule has 158 valence electrons. The first-order valence-electron chi connectivity index (χ1n) is 10.9. The van der Waals surface area contributed by atoms with Crippen molar-refractivity contribution in [2.75, 3.05) is 26.2 Å². The predicted octanol–water partition coefficient (Wildman–Crippen LogP) is 3.04. The number of amides is 2. The molecule has 5 heteroatoms. The van der Waals surface area contributed by atoms with E-state index in [2.05, 4.69) is 60.2 Å². The zero-order valence-electron chi connectivity index (χ0n) is 18.2. The van der Waals surface area contributed by atoms with Crippen LogP contribution in [0.15, 0.2) is 24.3 Å². The lowest BCUT2D eigenvalue weighted by Gasteiger charge is -2.57. The highest BCUT2D eigenvalue weighted by atomic mass is 16.3. The Morgan fingerprint density at radius 3 is 2.48 bits per heavy atom. The molecule has 0 saturated carbocycles. The SMILES string of the molecule is CC(C)C#Cc1ccc([C@H]2[C@H]3CN(C(=O)NC(C)C)CCCCN3[C@H]2CO)cc1. The van der Waals surface area contributed by atoms with Gasteiger partial charge in [0, 0.05) is 48.6 Å². The van der Waals surface area contributed by atoms with Crippen molar-refractivity contribution in [3.8, 4) is 11.8 Å². The van der Waals surface area contributed by atoms with Gasteiger partial charge in [0.1, 0.15) is 0 Å². The standard InChI is InChI=1S/C24H35N3O2/c1-17(2)7-8-19-9-11-20(12-10-19)23-21-15-26(24(29)25-18(3)4)13-5-6-14-27(21)22(23)16-28/h9-12,17-18,21-23,28H,5-6,13-16H2,1-4H3,(H,25,29)/t21-,22+,23+/m1/s1. The van der Waals surface area contributed by atoms with Crippen molar-refractivity contribution in [3.05, 3.63) is 35.4 Å². The molecule has 0 bridgehead atoms. The highest BCUT2D eigenvalue weighted by Gasteiger charge is 2.49. The van der Waals surface area contributed by atoms with Crippen LogP contribution in [-0.4, -0.2) is 65.3 Å². The number of rotatable bonds is 3. The quantitative estimate of drug-likeness (QED) is 0.771. The lowest BCUT2D eigenvalue weighted by atomic mass is 9.74. The van der Waals surface area contributed by atoms with Crippen LogP contribution in [0.25, 0.3) is 0 Å². The number of fused-ring (bicyclic) bond motifs is 1. The van der Waals surface area contributed by atoms with Crippen LogP contribution in [0.1, 0.15) is 57.6 Å². The van der Waals surface area contributed by atoms with Gasteiger partial charge in [-0.3, -0.25) is 4.90 Å². The molecular weight excluding hydrogens is 362 g/mol. The van der Waals surface area contributed by atoms with E-state index in [0.717, 1.165) is 31.5 Å². The molecule has 2 N–H and O–H groups in total. The van der Waals surface area contributed by atoms with E-state index in [1.807, 2.05) is 18.7 Å². The van der Waals surface area contributed by atoms with Gasteiger partial charge in [-0.1, -0.05) is 37.8 Å². The summed E-state index contributed by atoms with van der Waals surface area (Å²) in [6, 6.07) is 8.97. The van der Waals surface area contributed by atoms with Crippen LogP contribution < -0.4 is 5.32 Å². The molecule has 2 heterocycles. The average molecular weight is 398 g/mol. The summed E-state index contributed by atoms with van der Waals surface area (Å²) in [7, 11) is 0. The van der Waals surface area contributed by atoms with Gasteiger partial charge in [0.2, 0.25) is 0 Å². The molecule has 0 radical (unpaired) electrons. The van der Waals surface area contributed by atoms with E-state index in [0.29, 0.717) is 12.5 Å². The number of benzene rings is 1. The number of carbonyl (C=O) groups is 1. The van der Waals surface area contributed by atoms with Crippen molar-refractivity contribution in [2.24, 2.45) is 5.92 Å². The second-order valence-corrected chi connectivity index (χ2v) is 8.88. The van der Waals surface area contributed by atoms with Gasteiger partial charge >= 0.3 is 6.03 Å². The molecule has 0 aromatic heterocycles. The van der Waals surface area contributed by atoms with Crippen molar-refractivity contribution < 1.29 is 9.90 Å². The minimum atomic E-state index is 0.0207. The summed E-state index contributed by atoms with van der Waals surface area (Å²) >= 11 is 0. The summed E-state index contributed by atoms with van der Waals surface area (Å²) in [6.45, 7) is 10.8. The fraction of sp³-hybridized carbons (Fsp3) is 0.625. The van der Waals surface area contributed by atoms with Crippen molar-refractivity contribution in [1.29, 1.82) is 0 Å². The van der Waals surface area contributed by atoms with Gasteiger partial charge in [-0.05, 0) is 50.9 Å². The number of nitrogens with one attached hydrogen (secondary N) is 1. The molecule has 3 rings (SSSR count). The Balaban J connectivity index is 1.78. The Morgan fingerprint density at radius 1 is 1.17 bits per heavy atom. The Kier molecular flexibility index (Phi) is 7.21. The van der Waals surface area contributed by atoms with Crippen LogP contribution in [0.2, 0.25) is 0 Å². The monoisotopic (exact) mass is 397 g/mol. The summed E-state index contributed by atoms with van der Waals surface area (Å²) in [5.41, 5.74) is 2.25. The number of nitrogens with zero attached hydrogens (tertiary/aromatic N) is 2. The lowest BCUT2D eigenvalue weighted by Crippen LogP contribution is -2.68. The summed E-state index contributed by atoms with van der Waals surface area (Å²) < 4.78 is 0. The summed E-state index contributed by atoms with van der Waals surface area (Å²) in [5.74, 6) is 7.01. The van der Waals surface area contributed by atoms with Gasteiger partial charge in [0.15, 0.2) is 0 Å². The van der Waals surface area contributed by atoms with E-state index >= 15 is 0 Å². The fourth-order valence-corrected chi connectivity index (χ4v) is 4.48. The normalized spacial score (nSPS) is 24.8. The fourth-order valence-electron chi connectivity index (χ4n) is 4.48.